The first-order chi connectivity index (χ1) is 12.9. The second-order valence-corrected chi connectivity index (χ2v) is 6.48. The molecule has 0 aliphatic carbocycles. The second kappa shape index (κ2) is 7.63. The van der Waals surface area contributed by atoms with Gasteiger partial charge in [0.05, 0.1) is 12.1 Å². The molecule has 1 aromatic carbocycles. The quantitative estimate of drug-likeness (QED) is 0.815. The molecule has 1 fully saturated rings. The zero-order valence-electron chi connectivity index (χ0n) is 14.9. The molecule has 8 heteroatoms. The van der Waals surface area contributed by atoms with Crippen LogP contribution < -0.4 is 5.73 Å². The first-order valence-corrected chi connectivity index (χ1v) is 8.57. The van der Waals surface area contributed by atoms with Crippen molar-refractivity contribution in [3.05, 3.63) is 47.7 Å². The summed E-state index contributed by atoms with van der Waals surface area (Å²) in [5.41, 5.74) is 6.11. The fourth-order valence-corrected chi connectivity index (χ4v) is 3.32. The number of furan rings is 1. The van der Waals surface area contributed by atoms with Gasteiger partial charge in [0.25, 0.3) is 0 Å². The summed E-state index contributed by atoms with van der Waals surface area (Å²) in [5.74, 6) is -0.621. The van der Waals surface area contributed by atoms with E-state index in [4.69, 9.17) is 10.2 Å². The lowest BCUT2D eigenvalue weighted by molar-refractivity contribution is -0.141. The zero-order valence-corrected chi connectivity index (χ0v) is 14.9. The van der Waals surface area contributed by atoms with Gasteiger partial charge in [-0.2, -0.15) is 0 Å². The van der Waals surface area contributed by atoms with E-state index in [1.165, 1.54) is 17.9 Å². The number of carboxylic acids is 1. The van der Waals surface area contributed by atoms with E-state index < -0.39 is 17.9 Å². The summed E-state index contributed by atoms with van der Waals surface area (Å²) in [7, 11) is 0. The average molecular weight is 371 g/mol. The van der Waals surface area contributed by atoms with Crippen LogP contribution >= 0.6 is 0 Å². The van der Waals surface area contributed by atoms with Crippen molar-refractivity contribution < 1.29 is 23.9 Å². The van der Waals surface area contributed by atoms with Crippen molar-refractivity contribution in [3.8, 4) is 11.3 Å². The van der Waals surface area contributed by atoms with Crippen molar-refractivity contribution in [1.82, 2.24) is 9.80 Å². The van der Waals surface area contributed by atoms with Crippen LogP contribution in [0.5, 0.6) is 0 Å². The van der Waals surface area contributed by atoms with Gasteiger partial charge in [0.15, 0.2) is 0 Å². The molecule has 2 heterocycles. The Morgan fingerprint density at radius 1 is 1.19 bits per heavy atom. The summed E-state index contributed by atoms with van der Waals surface area (Å²) >= 11 is 0. The third-order valence-corrected chi connectivity index (χ3v) is 4.66. The number of carboxylic acid groups (broad SMARTS) is 1. The van der Waals surface area contributed by atoms with Crippen LogP contribution in [0, 0.1) is 0 Å². The molecule has 0 spiro atoms. The first-order valence-electron chi connectivity index (χ1n) is 8.57. The van der Waals surface area contributed by atoms with Crippen LogP contribution in [0.25, 0.3) is 11.3 Å². The molecule has 8 nitrogen and oxygen atoms in total. The molecule has 0 bridgehead atoms. The van der Waals surface area contributed by atoms with Crippen LogP contribution in [0.1, 0.15) is 23.0 Å². The molecule has 2 amide bonds. The van der Waals surface area contributed by atoms with Gasteiger partial charge in [0.1, 0.15) is 17.6 Å². The van der Waals surface area contributed by atoms with E-state index in [0.29, 0.717) is 43.3 Å². The smallest absolute Gasteiger partial charge is 0.336 e. The van der Waals surface area contributed by atoms with Crippen LogP contribution in [-0.2, 0) is 16.1 Å². The Labute approximate surface area is 156 Å². The monoisotopic (exact) mass is 371 g/mol. The summed E-state index contributed by atoms with van der Waals surface area (Å²) in [6.07, 6.45) is 0. The molecule has 3 N–H and O–H groups in total. The van der Waals surface area contributed by atoms with Gasteiger partial charge in [-0.3, -0.25) is 14.5 Å². The third kappa shape index (κ3) is 4.01. The van der Waals surface area contributed by atoms with E-state index in [0.717, 1.165) is 0 Å². The van der Waals surface area contributed by atoms with E-state index in [1.54, 1.807) is 30.3 Å². The zero-order chi connectivity index (χ0) is 19.6. The van der Waals surface area contributed by atoms with Gasteiger partial charge in [-0.1, -0.05) is 18.2 Å². The molecular weight excluding hydrogens is 350 g/mol. The van der Waals surface area contributed by atoms with Crippen molar-refractivity contribution >= 4 is 17.8 Å². The van der Waals surface area contributed by atoms with Crippen LogP contribution in [-0.4, -0.2) is 58.4 Å². The lowest BCUT2D eigenvalue weighted by Gasteiger charge is -2.39. The van der Waals surface area contributed by atoms with Gasteiger partial charge in [0.2, 0.25) is 11.8 Å². The lowest BCUT2D eigenvalue weighted by Crippen LogP contribution is -2.59. The molecule has 142 valence electrons. The molecule has 3 rings (SSSR count). The Balaban J connectivity index is 1.74. The molecule has 1 aliphatic heterocycles. The highest BCUT2D eigenvalue weighted by molar-refractivity contribution is 5.95. The van der Waals surface area contributed by atoms with Crippen LogP contribution in [0.4, 0.5) is 0 Å². The summed E-state index contributed by atoms with van der Waals surface area (Å²) in [6.45, 7) is 3.19. The van der Waals surface area contributed by atoms with Crippen molar-refractivity contribution in [2.75, 3.05) is 19.6 Å². The Kier molecular flexibility index (Phi) is 5.27. The molecule has 1 aromatic heterocycles. The Bertz CT molecular complexity index is 876. The van der Waals surface area contributed by atoms with E-state index in [2.05, 4.69) is 0 Å². The minimum absolute atomic E-state index is 0.169. The van der Waals surface area contributed by atoms with Gasteiger partial charge < -0.3 is 20.2 Å². The van der Waals surface area contributed by atoms with Gasteiger partial charge >= 0.3 is 5.97 Å². The summed E-state index contributed by atoms with van der Waals surface area (Å²) in [5, 5.41) is 9.32. The predicted molar refractivity (Wildman–Crippen MR) is 96.7 cm³/mol. The fourth-order valence-electron chi connectivity index (χ4n) is 3.32. The standard InChI is InChI=1S/C19H21N3O5/c1-12(23)22-9-8-21(11-16(22)18(20)24)10-13-6-7-17(27-13)14-4-2-3-5-15(14)19(25)26/h2-7,16H,8-11H2,1H3,(H2,20,24)(H,25,26)/t16-/m1/s1. The van der Waals surface area contributed by atoms with Gasteiger partial charge in [-0.25, -0.2) is 4.79 Å². The first kappa shape index (κ1) is 18.7. The average Bonchev–Trinajstić information content (AvgIpc) is 3.09. The number of rotatable bonds is 5. The number of benzene rings is 1. The number of carbonyl (C=O) groups is 3. The Morgan fingerprint density at radius 3 is 2.59 bits per heavy atom. The Morgan fingerprint density at radius 2 is 1.93 bits per heavy atom. The highest BCUT2D eigenvalue weighted by Gasteiger charge is 2.32. The Hall–Kier alpha value is -3.13. The van der Waals surface area contributed by atoms with Crippen molar-refractivity contribution in [1.29, 1.82) is 0 Å². The number of hydrogen-bond donors (Lipinski definition) is 2. The molecule has 0 radical (unpaired) electrons. The summed E-state index contributed by atoms with van der Waals surface area (Å²) < 4.78 is 5.83. The number of nitrogens with two attached hydrogens (primary N) is 1. The van der Waals surface area contributed by atoms with E-state index >= 15 is 0 Å². The normalized spacial score (nSPS) is 17.7. The molecule has 1 atom stereocenters. The molecule has 27 heavy (non-hydrogen) atoms. The van der Waals surface area contributed by atoms with Crippen LogP contribution in [0.2, 0.25) is 0 Å². The molecule has 1 saturated heterocycles. The van der Waals surface area contributed by atoms with Crippen molar-refractivity contribution in [2.45, 2.75) is 19.5 Å². The highest BCUT2D eigenvalue weighted by Crippen LogP contribution is 2.27. The topological polar surface area (TPSA) is 117 Å². The van der Waals surface area contributed by atoms with Gasteiger partial charge in [0, 0.05) is 32.1 Å². The number of piperazine rings is 1. The summed E-state index contributed by atoms with van der Waals surface area (Å²) in [6, 6.07) is 9.48. The van der Waals surface area contributed by atoms with Crippen molar-refractivity contribution in [2.24, 2.45) is 5.73 Å². The molecule has 0 saturated carbocycles. The third-order valence-electron chi connectivity index (χ3n) is 4.66. The maximum absolute atomic E-state index is 11.7. The number of primary amides is 1. The molecular formula is C19H21N3O5. The number of hydrogen-bond acceptors (Lipinski definition) is 5. The molecule has 2 aromatic rings. The van der Waals surface area contributed by atoms with Gasteiger partial charge in [-0.05, 0) is 18.2 Å². The largest absolute Gasteiger partial charge is 0.478 e. The highest BCUT2D eigenvalue weighted by atomic mass is 16.4. The fraction of sp³-hybridized carbons (Fsp3) is 0.316. The van der Waals surface area contributed by atoms with Crippen LogP contribution in [0.3, 0.4) is 0 Å². The van der Waals surface area contributed by atoms with E-state index in [9.17, 15) is 19.5 Å². The number of aromatic carboxylic acids is 1. The van der Waals surface area contributed by atoms with E-state index in [1.807, 2.05) is 4.90 Å². The minimum Gasteiger partial charge on any atom is -0.478 e. The number of nitrogens with zero attached hydrogens (tertiary/aromatic N) is 2. The van der Waals surface area contributed by atoms with Gasteiger partial charge in [-0.15, -0.1) is 0 Å². The maximum atomic E-state index is 11.7. The van der Waals surface area contributed by atoms with Crippen molar-refractivity contribution in [3.63, 3.8) is 0 Å². The predicted octanol–water partition coefficient (Wildman–Crippen LogP) is 1.16. The number of amides is 2. The minimum atomic E-state index is -1.02. The lowest BCUT2D eigenvalue weighted by atomic mass is 10.1. The molecule has 0 unspecified atom stereocenters. The summed E-state index contributed by atoms with van der Waals surface area (Å²) in [4.78, 5) is 38.2. The molecule has 1 aliphatic rings. The maximum Gasteiger partial charge on any atom is 0.336 e. The number of carbonyl (C=O) groups excluding carboxylic acids is 2. The second-order valence-electron chi connectivity index (χ2n) is 6.48. The SMILES string of the molecule is CC(=O)N1CCN(Cc2ccc(-c3ccccc3C(=O)O)o2)C[C@@H]1C(N)=O. The van der Waals surface area contributed by atoms with Crippen LogP contribution in [0.15, 0.2) is 40.8 Å². The van der Waals surface area contributed by atoms with E-state index in [-0.39, 0.29) is 11.5 Å².